The van der Waals surface area contributed by atoms with E-state index in [2.05, 4.69) is 38.5 Å². The lowest BCUT2D eigenvalue weighted by molar-refractivity contribution is 0.172. The zero-order valence-electron chi connectivity index (χ0n) is 7.93. The smallest absolute Gasteiger partial charge is 0.133 e. The van der Waals surface area contributed by atoms with E-state index in [0.717, 1.165) is 26.8 Å². The van der Waals surface area contributed by atoms with Gasteiger partial charge in [0.05, 0.1) is 10.2 Å². The fourth-order valence-corrected chi connectivity index (χ4v) is 1.80. The molecule has 2 nitrogen and oxygen atoms in total. The Labute approximate surface area is 106 Å². The van der Waals surface area contributed by atoms with E-state index in [1.807, 2.05) is 18.2 Å². The van der Waals surface area contributed by atoms with E-state index in [1.54, 1.807) is 7.11 Å². The lowest BCUT2D eigenvalue weighted by atomic mass is 10.3. The molecule has 0 aliphatic carbocycles. The summed E-state index contributed by atoms with van der Waals surface area (Å²) in [6.45, 7) is 1.44. The number of hydrogen-bond acceptors (Lipinski definition) is 2. The molecule has 0 aliphatic heterocycles. The molecule has 0 saturated carbocycles. The van der Waals surface area contributed by atoms with Gasteiger partial charge in [0.2, 0.25) is 0 Å². The third kappa shape index (κ3) is 4.14. The average Bonchev–Trinajstić information content (AvgIpc) is 2.18. The van der Waals surface area contributed by atoms with Crippen molar-refractivity contribution in [3.63, 3.8) is 0 Å². The first-order valence-corrected chi connectivity index (χ1v) is 6.18. The Bertz CT molecular complexity index is 291. The molecule has 0 fully saturated rings. The molecule has 0 saturated heterocycles. The average molecular weight is 371 g/mol. The number of halogens is 2. The zero-order chi connectivity index (χ0) is 10.4. The summed E-state index contributed by atoms with van der Waals surface area (Å²) < 4.78 is 12.7. The fraction of sp³-hybridized carbons (Fsp3) is 0.400. The van der Waals surface area contributed by atoms with Crippen LogP contribution in [0.5, 0.6) is 5.75 Å². The number of rotatable bonds is 5. The molecule has 0 amide bonds. The van der Waals surface area contributed by atoms with Gasteiger partial charge < -0.3 is 9.47 Å². The van der Waals surface area contributed by atoms with Crippen LogP contribution in [0.2, 0.25) is 0 Å². The molecule has 0 atom stereocenters. The first-order valence-electron chi connectivity index (χ1n) is 4.31. The molecule has 4 heteroatoms. The van der Waals surface area contributed by atoms with Crippen molar-refractivity contribution in [2.24, 2.45) is 0 Å². The van der Waals surface area contributed by atoms with Crippen LogP contribution in [0, 0.1) is 3.57 Å². The van der Waals surface area contributed by atoms with Gasteiger partial charge in [-0.2, -0.15) is 0 Å². The van der Waals surface area contributed by atoms with Crippen LogP contribution in [0.3, 0.4) is 0 Å². The van der Waals surface area contributed by atoms with Crippen molar-refractivity contribution in [1.82, 2.24) is 0 Å². The van der Waals surface area contributed by atoms with Crippen LogP contribution in [-0.4, -0.2) is 20.3 Å². The zero-order valence-corrected chi connectivity index (χ0v) is 11.7. The summed E-state index contributed by atoms with van der Waals surface area (Å²) in [6, 6.07) is 6.01. The Morgan fingerprint density at radius 2 is 2.14 bits per heavy atom. The molecule has 0 N–H and O–H groups in total. The predicted octanol–water partition coefficient (Wildman–Crippen LogP) is 3.47. The third-order valence-electron chi connectivity index (χ3n) is 1.64. The monoisotopic (exact) mass is 370 g/mol. The van der Waals surface area contributed by atoms with E-state index < -0.39 is 0 Å². The molecule has 0 spiro atoms. The van der Waals surface area contributed by atoms with Gasteiger partial charge in [-0.15, -0.1) is 0 Å². The second kappa shape index (κ2) is 6.63. The van der Waals surface area contributed by atoms with E-state index in [4.69, 9.17) is 9.47 Å². The van der Waals surface area contributed by atoms with E-state index in [0.29, 0.717) is 6.61 Å². The molecule has 0 heterocycles. The first kappa shape index (κ1) is 12.3. The van der Waals surface area contributed by atoms with Crippen molar-refractivity contribution >= 4 is 38.5 Å². The van der Waals surface area contributed by atoms with Gasteiger partial charge in [0.1, 0.15) is 5.75 Å². The molecule has 78 valence electrons. The van der Waals surface area contributed by atoms with Gasteiger partial charge in [-0.05, 0) is 40.8 Å². The first-order chi connectivity index (χ1) is 6.74. The van der Waals surface area contributed by atoms with Crippen molar-refractivity contribution in [3.8, 4) is 5.75 Å². The maximum Gasteiger partial charge on any atom is 0.133 e. The minimum Gasteiger partial charge on any atom is -0.492 e. The van der Waals surface area contributed by atoms with Gasteiger partial charge in [-0.1, -0.05) is 15.9 Å². The van der Waals surface area contributed by atoms with Gasteiger partial charge in [-0.25, -0.2) is 0 Å². The van der Waals surface area contributed by atoms with Gasteiger partial charge >= 0.3 is 0 Å². The summed E-state index contributed by atoms with van der Waals surface area (Å²) in [4.78, 5) is 0. The standard InChI is InChI=1S/C10H12BrIO2/c1-13-5-2-6-14-10-7-8(11)3-4-9(10)12/h3-4,7H,2,5-6H2,1H3. The summed E-state index contributed by atoms with van der Waals surface area (Å²) in [5.74, 6) is 0.927. The van der Waals surface area contributed by atoms with Crippen LogP contribution in [-0.2, 0) is 4.74 Å². The largest absolute Gasteiger partial charge is 0.492 e. The van der Waals surface area contributed by atoms with E-state index in [1.165, 1.54) is 0 Å². The lowest BCUT2D eigenvalue weighted by Gasteiger charge is -2.07. The summed E-state index contributed by atoms with van der Waals surface area (Å²) >= 11 is 5.67. The highest BCUT2D eigenvalue weighted by atomic mass is 127. The molecular formula is C10H12BrIO2. The molecule has 14 heavy (non-hydrogen) atoms. The van der Waals surface area contributed by atoms with Gasteiger partial charge in [-0.3, -0.25) is 0 Å². The molecule has 1 aromatic rings. The number of benzene rings is 1. The highest BCUT2D eigenvalue weighted by Gasteiger charge is 2.00. The van der Waals surface area contributed by atoms with Crippen LogP contribution in [0.1, 0.15) is 6.42 Å². The number of methoxy groups -OCH3 is 1. The summed E-state index contributed by atoms with van der Waals surface area (Å²) in [6.07, 6.45) is 0.916. The van der Waals surface area contributed by atoms with E-state index in [-0.39, 0.29) is 0 Å². The van der Waals surface area contributed by atoms with Crippen molar-refractivity contribution in [2.45, 2.75) is 6.42 Å². The van der Waals surface area contributed by atoms with Gasteiger partial charge in [0, 0.05) is 24.6 Å². The van der Waals surface area contributed by atoms with Crippen molar-refractivity contribution in [2.75, 3.05) is 20.3 Å². The molecule has 1 aromatic carbocycles. The number of ether oxygens (including phenoxy) is 2. The highest BCUT2D eigenvalue weighted by Crippen LogP contribution is 2.25. The van der Waals surface area contributed by atoms with Crippen LogP contribution in [0.15, 0.2) is 22.7 Å². The molecule has 0 unspecified atom stereocenters. The van der Waals surface area contributed by atoms with Crippen LogP contribution < -0.4 is 4.74 Å². The van der Waals surface area contributed by atoms with Crippen LogP contribution >= 0.6 is 38.5 Å². The topological polar surface area (TPSA) is 18.5 Å². The quantitative estimate of drug-likeness (QED) is 0.583. The summed E-state index contributed by atoms with van der Waals surface area (Å²) in [7, 11) is 1.70. The highest BCUT2D eigenvalue weighted by molar-refractivity contribution is 14.1. The third-order valence-corrected chi connectivity index (χ3v) is 3.03. The minimum atomic E-state index is 0.695. The Morgan fingerprint density at radius 3 is 2.86 bits per heavy atom. The minimum absolute atomic E-state index is 0.695. The van der Waals surface area contributed by atoms with Gasteiger partial charge in [0.15, 0.2) is 0 Å². The Kier molecular flexibility index (Phi) is 5.81. The summed E-state index contributed by atoms with van der Waals surface area (Å²) in [5, 5.41) is 0. The SMILES string of the molecule is COCCCOc1cc(Br)ccc1I. The molecule has 0 radical (unpaired) electrons. The maximum atomic E-state index is 5.60. The van der Waals surface area contributed by atoms with Crippen molar-refractivity contribution in [1.29, 1.82) is 0 Å². The normalized spacial score (nSPS) is 10.2. The molecule has 0 bridgehead atoms. The Morgan fingerprint density at radius 1 is 1.36 bits per heavy atom. The van der Waals surface area contributed by atoms with E-state index in [9.17, 15) is 0 Å². The Hall–Kier alpha value is 0.190. The molecular weight excluding hydrogens is 359 g/mol. The van der Waals surface area contributed by atoms with Crippen molar-refractivity contribution in [3.05, 3.63) is 26.2 Å². The van der Waals surface area contributed by atoms with Gasteiger partial charge in [0.25, 0.3) is 0 Å². The molecule has 0 aliphatic rings. The van der Waals surface area contributed by atoms with Crippen LogP contribution in [0.25, 0.3) is 0 Å². The second-order valence-electron chi connectivity index (χ2n) is 2.77. The predicted molar refractivity (Wildman–Crippen MR) is 68.8 cm³/mol. The van der Waals surface area contributed by atoms with Crippen molar-refractivity contribution < 1.29 is 9.47 Å². The fourth-order valence-electron chi connectivity index (χ4n) is 0.973. The maximum absolute atomic E-state index is 5.60. The Balaban J connectivity index is 2.45. The summed E-state index contributed by atoms with van der Waals surface area (Å²) in [5.41, 5.74) is 0. The molecule has 1 rings (SSSR count). The van der Waals surface area contributed by atoms with E-state index >= 15 is 0 Å². The van der Waals surface area contributed by atoms with Crippen LogP contribution in [0.4, 0.5) is 0 Å². The molecule has 0 aromatic heterocycles. The number of hydrogen-bond donors (Lipinski definition) is 0. The second-order valence-corrected chi connectivity index (χ2v) is 4.85. The lowest BCUT2D eigenvalue weighted by Crippen LogP contribution is -2.02.